The van der Waals surface area contributed by atoms with Gasteiger partial charge in [0.05, 0.1) is 0 Å². The van der Waals surface area contributed by atoms with Gasteiger partial charge in [-0.15, -0.1) is 0 Å². The highest BCUT2D eigenvalue weighted by Gasteiger charge is 2.23. The standard InChI is InChI=1S/C21H33N3/c22-19-9-7-17(8-10-19)11-12-23-13-15-24(16-14-23)21-6-2-4-18-3-1-5-20(18)21/h2,4,6,17,19H,1,3,5,7-16,22H2. The molecule has 3 heteroatoms. The number of hydrogen-bond acceptors (Lipinski definition) is 3. The molecule has 4 rings (SSSR count). The first-order valence-electron chi connectivity index (χ1n) is 10.1. The smallest absolute Gasteiger partial charge is 0.0402 e. The molecule has 1 saturated heterocycles. The van der Waals surface area contributed by atoms with Crippen LogP contribution in [-0.4, -0.2) is 43.7 Å². The topological polar surface area (TPSA) is 32.5 Å². The molecule has 0 amide bonds. The fourth-order valence-electron chi connectivity index (χ4n) is 4.95. The first kappa shape index (κ1) is 16.4. The van der Waals surface area contributed by atoms with E-state index in [9.17, 15) is 0 Å². The van der Waals surface area contributed by atoms with Gasteiger partial charge in [-0.1, -0.05) is 12.1 Å². The molecule has 1 aromatic rings. The summed E-state index contributed by atoms with van der Waals surface area (Å²) in [6.07, 6.45) is 10.5. The van der Waals surface area contributed by atoms with E-state index in [0.29, 0.717) is 6.04 Å². The van der Waals surface area contributed by atoms with Crippen LogP contribution in [0.1, 0.15) is 49.7 Å². The van der Waals surface area contributed by atoms with Crippen LogP contribution in [-0.2, 0) is 12.8 Å². The largest absolute Gasteiger partial charge is 0.369 e. The molecule has 0 atom stereocenters. The number of rotatable bonds is 4. The molecule has 132 valence electrons. The van der Waals surface area contributed by atoms with Gasteiger partial charge in [-0.25, -0.2) is 0 Å². The molecular weight excluding hydrogens is 294 g/mol. The number of nitrogens with zero attached hydrogens (tertiary/aromatic N) is 2. The minimum Gasteiger partial charge on any atom is -0.369 e. The van der Waals surface area contributed by atoms with Gasteiger partial charge >= 0.3 is 0 Å². The minimum atomic E-state index is 0.484. The second kappa shape index (κ2) is 7.45. The normalized spacial score (nSPS) is 28.1. The van der Waals surface area contributed by atoms with E-state index < -0.39 is 0 Å². The predicted octanol–water partition coefficient (Wildman–Crippen LogP) is 3.20. The van der Waals surface area contributed by atoms with Gasteiger partial charge in [0, 0.05) is 37.9 Å². The van der Waals surface area contributed by atoms with Gasteiger partial charge < -0.3 is 10.6 Å². The van der Waals surface area contributed by atoms with Crippen molar-refractivity contribution in [2.45, 2.75) is 57.4 Å². The van der Waals surface area contributed by atoms with Crippen molar-refractivity contribution < 1.29 is 0 Å². The van der Waals surface area contributed by atoms with Crippen LogP contribution in [0.4, 0.5) is 5.69 Å². The maximum Gasteiger partial charge on any atom is 0.0402 e. The highest BCUT2D eigenvalue weighted by Crippen LogP contribution is 2.32. The van der Waals surface area contributed by atoms with Gasteiger partial charge in [-0.3, -0.25) is 4.90 Å². The summed E-state index contributed by atoms with van der Waals surface area (Å²) in [6.45, 7) is 6.16. The fraction of sp³-hybridized carbons (Fsp3) is 0.714. The van der Waals surface area contributed by atoms with E-state index in [2.05, 4.69) is 28.0 Å². The molecule has 1 saturated carbocycles. The quantitative estimate of drug-likeness (QED) is 0.922. The van der Waals surface area contributed by atoms with Crippen molar-refractivity contribution in [2.24, 2.45) is 11.7 Å². The van der Waals surface area contributed by atoms with Gasteiger partial charge in [0.25, 0.3) is 0 Å². The summed E-state index contributed by atoms with van der Waals surface area (Å²) >= 11 is 0. The number of hydrogen-bond donors (Lipinski definition) is 1. The van der Waals surface area contributed by atoms with Crippen LogP contribution in [0, 0.1) is 5.92 Å². The zero-order valence-corrected chi connectivity index (χ0v) is 15.1. The first-order chi connectivity index (χ1) is 11.8. The van der Waals surface area contributed by atoms with Crippen LogP contribution in [0.3, 0.4) is 0 Å². The molecule has 2 N–H and O–H groups in total. The lowest BCUT2D eigenvalue weighted by Crippen LogP contribution is -2.47. The van der Waals surface area contributed by atoms with Crippen LogP contribution < -0.4 is 10.6 Å². The molecule has 3 nitrogen and oxygen atoms in total. The van der Waals surface area contributed by atoms with Gasteiger partial charge in [0.15, 0.2) is 0 Å². The lowest BCUT2D eigenvalue weighted by Gasteiger charge is -2.38. The van der Waals surface area contributed by atoms with E-state index in [4.69, 9.17) is 5.73 Å². The maximum absolute atomic E-state index is 6.03. The Morgan fingerprint density at radius 1 is 0.958 bits per heavy atom. The van der Waals surface area contributed by atoms with Crippen LogP contribution >= 0.6 is 0 Å². The number of aryl methyl sites for hydroxylation is 1. The number of fused-ring (bicyclic) bond motifs is 1. The maximum atomic E-state index is 6.03. The Kier molecular flexibility index (Phi) is 5.09. The summed E-state index contributed by atoms with van der Waals surface area (Å²) < 4.78 is 0. The Morgan fingerprint density at radius 2 is 1.75 bits per heavy atom. The van der Waals surface area contributed by atoms with Crippen molar-refractivity contribution in [1.29, 1.82) is 0 Å². The van der Waals surface area contributed by atoms with Crippen molar-refractivity contribution in [3.8, 4) is 0 Å². The third-order valence-corrected chi connectivity index (χ3v) is 6.58. The van der Waals surface area contributed by atoms with Crippen molar-refractivity contribution in [3.63, 3.8) is 0 Å². The van der Waals surface area contributed by atoms with Crippen LogP contribution in [0.15, 0.2) is 18.2 Å². The molecule has 0 spiro atoms. The molecule has 0 unspecified atom stereocenters. The van der Waals surface area contributed by atoms with E-state index in [-0.39, 0.29) is 0 Å². The molecule has 0 radical (unpaired) electrons. The Balaban J connectivity index is 1.26. The summed E-state index contributed by atoms with van der Waals surface area (Å²) in [4.78, 5) is 5.33. The van der Waals surface area contributed by atoms with Crippen LogP contribution in [0.25, 0.3) is 0 Å². The fourth-order valence-corrected chi connectivity index (χ4v) is 4.95. The van der Waals surface area contributed by atoms with Crippen molar-refractivity contribution in [2.75, 3.05) is 37.6 Å². The van der Waals surface area contributed by atoms with Gasteiger partial charge in [0.1, 0.15) is 0 Å². The molecule has 24 heavy (non-hydrogen) atoms. The van der Waals surface area contributed by atoms with Crippen molar-refractivity contribution in [3.05, 3.63) is 29.3 Å². The SMILES string of the molecule is NC1CCC(CCN2CCN(c3cccc4c3CCC4)CC2)CC1. The zero-order chi connectivity index (χ0) is 16.4. The summed E-state index contributed by atoms with van der Waals surface area (Å²) in [5.41, 5.74) is 10.8. The van der Waals surface area contributed by atoms with Crippen molar-refractivity contribution >= 4 is 5.69 Å². The van der Waals surface area contributed by atoms with E-state index in [0.717, 1.165) is 5.92 Å². The highest BCUT2D eigenvalue weighted by atomic mass is 15.3. The second-order valence-electron chi connectivity index (χ2n) is 8.17. The third kappa shape index (κ3) is 3.62. The highest BCUT2D eigenvalue weighted by molar-refractivity contribution is 5.58. The van der Waals surface area contributed by atoms with Gasteiger partial charge in [-0.2, -0.15) is 0 Å². The lowest BCUT2D eigenvalue weighted by molar-refractivity contribution is 0.217. The Hall–Kier alpha value is -1.06. The van der Waals surface area contributed by atoms with E-state index in [1.165, 1.54) is 89.8 Å². The zero-order valence-electron chi connectivity index (χ0n) is 15.1. The number of anilines is 1. The number of nitrogens with two attached hydrogens (primary N) is 1. The molecule has 3 aliphatic rings. The average Bonchev–Trinajstić information content (AvgIpc) is 3.10. The summed E-state index contributed by atoms with van der Waals surface area (Å²) in [7, 11) is 0. The molecule has 0 bridgehead atoms. The molecule has 1 heterocycles. The molecular formula is C21H33N3. The van der Waals surface area contributed by atoms with Crippen LogP contribution in [0.5, 0.6) is 0 Å². The Morgan fingerprint density at radius 3 is 2.54 bits per heavy atom. The third-order valence-electron chi connectivity index (χ3n) is 6.58. The molecule has 2 fully saturated rings. The average molecular weight is 328 g/mol. The first-order valence-corrected chi connectivity index (χ1v) is 10.1. The molecule has 2 aliphatic carbocycles. The minimum absolute atomic E-state index is 0.484. The van der Waals surface area contributed by atoms with E-state index in [1.54, 1.807) is 11.1 Å². The van der Waals surface area contributed by atoms with Gasteiger partial charge in [0.2, 0.25) is 0 Å². The van der Waals surface area contributed by atoms with E-state index in [1.807, 2.05) is 0 Å². The lowest BCUT2D eigenvalue weighted by atomic mass is 9.84. The number of piperazine rings is 1. The Labute approximate surface area is 147 Å². The monoisotopic (exact) mass is 327 g/mol. The van der Waals surface area contributed by atoms with Gasteiger partial charge in [-0.05, 0) is 81.0 Å². The summed E-state index contributed by atoms with van der Waals surface area (Å²) in [6, 6.07) is 7.43. The Bertz CT molecular complexity index is 540. The van der Waals surface area contributed by atoms with Crippen LogP contribution in [0.2, 0.25) is 0 Å². The van der Waals surface area contributed by atoms with E-state index >= 15 is 0 Å². The molecule has 1 aromatic carbocycles. The molecule has 1 aliphatic heterocycles. The summed E-state index contributed by atoms with van der Waals surface area (Å²) in [5.74, 6) is 0.931. The number of benzene rings is 1. The second-order valence-corrected chi connectivity index (χ2v) is 8.17. The predicted molar refractivity (Wildman–Crippen MR) is 102 cm³/mol. The van der Waals surface area contributed by atoms with Crippen molar-refractivity contribution in [1.82, 2.24) is 4.90 Å². The summed E-state index contributed by atoms with van der Waals surface area (Å²) in [5, 5.41) is 0. The molecule has 0 aromatic heterocycles.